The smallest absolute Gasteiger partial charge is 0.262 e. The Bertz CT molecular complexity index is 1410. The number of nitrogens with zero attached hydrogens (tertiary/aromatic N) is 2. The lowest BCUT2D eigenvalue weighted by atomic mass is 10.1. The van der Waals surface area contributed by atoms with Crippen LogP contribution in [0.25, 0.3) is 10.9 Å². The maximum Gasteiger partial charge on any atom is 0.262 e. The highest BCUT2D eigenvalue weighted by molar-refractivity contribution is 7.98. The second-order valence-corrected chi connectivity index (χ2v) is 9.12. The van der Waals surface area contributed by atoms with E-state index < -0.39 is 5.82 Å². The van der Waals surface area contributed by atoms with Gasteiger partial charge in [0.15, 0.2) is 5.16 Å². The second kappa shape index (κ2) is 11.5. The van der Waals surface area contributed by atoms with Crippen molar-refractivity contribution in [2.75, 3.05) is 20.3 Å². The number of para-hydroxylation sites is 1. The van der Waals surface area contributed by atoms with E-state index in [1.807, 2.05) is 18.2 Å². The molecule has 3 aromatic carbocycles. The fourth-order valence-electron chi connectivity index (χ4n) is 3.49. The number of hydrogen-bond acceptors (Lipinski definition) is 5. The van der Waals surface area contributed by atoms with Gasteiger partial charge in [-0.05, 0) is 47.5 Å². The maximum atomic E-state index is 13.4. The van der Waals surface area contributed by atoms with Crippen LogP contribution in [-0.4, -0.2) is 35.7 Å². The monoisotopic (exact) mass is 511 g/mol. The SMILES string of the molecule is COCCNC(=O)c1ccc(Cn2c(SCc3ccc(F)cc3Cl)nc3ccccc3c2=O)cc1. The number of thioether (sulfide) groups is 1. The number of hydrogen-bond donors (Lipinski definition) is 1. The lowest BCUT2D eigenvalue weighted by Gasteiger charge is -2.14. The normalized spacial score (nSPS) is 11.1. The summed E-state index contributed by atoms with van der Waals surface area (Å²) >= 11 is 7.55. The Balaban J connectivity index is 1.61. The number of aromatic nitrogens is 2. The molecule has 0 aliphatic heterocycles. The molecule has 4 rings (SSSR count). The summed E-state index contributed by atoms with van der Waals surface area (Å²) in [6.07, 6.45) is 0. The van der Waals surface area contributed by atoms with Gasteiger partial charge in [-0.2, -0.15) is 0 Å². The fraction of sp³-hybridized carbons (Fsp3) is 0.192. The zero-order chi connectivity index (χ0) is 24.8. The Kier molecular flexibility index (Phi) is 8.17. The Morgan fingerprint density at radius 1 is 1.14 bits per heavy atom. The van der Waals surface area contributed by atoms with Crippen LogP contribution in [0.5, 0.6) is 0 Å². The number of halogens is 2. The van der Waals surface area contributed by atoms with Crippen LogP contribution in [0, 0.1) is 5.82 Å². The first-order chi connectivity index (χ1) is 17.0. The van der Waals surface area contributed by atoms with Crippen LogP contribution >= 0.6 is 23.4 Å². The number of ether oxygens (including phenoxy) is 1. The van der Waals surface area contributed by atoms with Crippen molar-refractivity contribution in [2.24, 2.45) is 0 Å². The third-order valence-corrected chi connectivity index (χ3v) is 6.72. The highest BCUT2D eigenvalue weighted by Gasteiger charge is 2.14. The Hall–Kier alpha value is -3.20. The number of nitrogens with one attached hydrogen (secondary N) is 1. The van der Waals surface area contributed by atoms with E-state index in [9.17, 15) is 14.0 Å². The average molecular weight is 512 g/mol. The van der Waals surface area contributed by atoms with E-state index in [-0.39, 0.29) is 18.0 Å². The third-order valence-electron chi connectivity index (χ3n) is 5.35. The zero-order valence-corrected chi connectivity index (χ0v) is 20.5. The quantitative estimate of drug-likeness (QED) is 0.196. The van der Waals surface area contributed by atoms with Crippen LogP contribution in [-0.2, 0) is 17.0 Å². The number of methoxy groups -OCH3 is 1. The highest BCUT2D eigenvalue weighted by atomic mass is 35.5. The van der Waals surface area contributed by atoms with Gasteiger partial charge in [-0.3, -0.25) is 14.2 Å². The number of fused-ring (bicyclic) bond motifs is 1. The molecule has 35 heavy (non-hydrogen) atoms. The van der Waals surface area contributed by atoms with Crippen LogP contribution in [0.2, 0.25) is 5.02 Å². The molecule has 0 atom stereocenters. The summed E-state index contributed by atoms with van der Waals surface area (Å²) in [7, 11) is 1.57. The lowest BCUT2D eigenvalue weighted by Crippen LogP contribution is -2.27. The van der Waals surface area contributed by atoms with Gasteiger partial charge in [0, 0.05) is 30.0 Å². The van der Waals surface area contributed by atoms with Crippen LogP contribution < -0.4 is 10.9 Å². The van der Waals surface area contributed by atoms with E-state index in [1.165, 1.54) is 23.9 Å². The first kappa shape index (κ1) is 24.9. The number of amides is 1. The molecule has 0 saturated carbocycles. The van der Waals surface area contributed by atoms with Crippen molar-refractivity contribution in [3.8, 4) is 0 Å². The van der Waals surface area contributed by atoms with Crippen LogP contribution in [0.4, 0.5) is 4.39 Å². The Morgan fingerprint density at radius 2 is 1.91 bits per heavy atom. The molecule has 9 heteroatoms. The summed E-state index contributed by atoms with van der Waals surface area (Å²) in [5.74, 6) is -0.171. The minimum absolute atomic E-state index is 0.162. The molecule has 6 nitrogen and oxygen atoms in total. The van der Waals surface area contributed by atoms with Gasteiger partial charge in [-0.15, -0.1) is 0 Å². The predicted octanol–water partition coefficient (Wildman–Crippen LogP) is 4.91. The van der Waals surface area contributed by atoms with Crippen molar-refractivity contribution in [3.63, 3.8) is 0 Å². The number of benzene rings is 3. The fourth-order valence-corrected chi connectivity index (χ4v) is 4.81. The van der Waals surface area contributed by atoms with Gasteiger partial charge in [0.2, 0.25) is 0 Å². The Labute approximate surface area is 211 Å². The third kappa shape index (κ3) is 6.08. The summed E-state index contributed by atoms with van der Waals surface area (Å²) in [4.78, 5) is 30.3. The highest BCUT2D eigenvalue weighted by Crippen LogP contribution is 2.27. The number of rotatable bonds is 9. The van der Waals surface area contributed by atoms with E-state index >= 15 is 0 Å². The Morgan fingerprint density at radius 3 is 2.66 bits per heavy atom. The van der Waals surface area contributed by atoms with Crippen molar-refractivity contribution in [3.05, 3.63) is 105 Å². The molecule has 0 fully saturated rings. The number of carbonyl (C=O) groups is 1. The molecule has 0 aliphatic rings. The zero-order valence-electron chi connectivity index (χ0n) is 19.0. The minimum atomic E-state index is -0.402. The maximum absolute atomic E-state index is 13.4. The number of carbonyl (C=O) groups excluding carboxylic acids is 1. The molecule has 1 N–H and O–H groups in total. The van der Waals surface area contributed by atoms with Crippen molar-refractivity contribution in [1.82, 2.24) is 14.9 Å². The predicted molar refractivity (Wildman–Crippen MR) is 137 cm³/mol. The van der Waals surface area contributed by atoms with Crippen molar-refractivity contribution in [1.29, 1.82) is 0 Å². The molecule has 1 heterocycles. The molecule has 0 saturated heterocycles. The summed E-state index contributed by atoms with van der Waals surface area (Å²) in [6.45, 7) is 1.14. The molecule has 180 valence electrons. The van der Waals surface area contributed by atoms with Crippen molar-refractivity contribution >= 4 is 40.2 Å². The van der Waals surface area contributed by atoms with Crippen molar-refractivity contribution in [2.45, 2.75) is 17.5 Å². The molecule has 0 aliphatic carbocycles. The standard InChI is InChI=1S/C26H23ClFN3O3S/c1-34-13-12-29-24(32)18-8-6-17(7-9-18)15-31-25(33)21-4-2-3-5-23(21)30-26(31)35-16-19-10-11-20(28)14-22(19)27/h2-11,14H,12-13,15-16H2,1H3,(H,29,32). The largest absolute Gasteiger partial charge is 0.383 e. The molecule has 0 radical (unpaired) electrons. The molecule has 0 bridgehead atoms. The minimum Gasteiger partial charge on any atom is -0.383 e. The van der Waals surface area contributed by atoms with Gasteiger partial charge in [0.1, 0.15) is 5.82 Å². The lowest BCUT2D eigenvalue weighted by molar-refractivity contribution is 0.0937. The molecular weight excluding hydrogens is 489 g/mol. The summed E-state index contributed by atoms with van der Waals surface area (Å²) < 4.78 is 20.0. The topological polar surface area (TPSA) is 73.2 Å². The second-order valence-electron chi connectivity index (χ2n) is 7.77. The molecule has 1 amide bonds. The van der Waals surface area contributed by atoms with Crippen LogP contribution in [0.15, 0.2) is 76.7 Å². The van der Waals surface area contributed by atoms with Gasteiger partial charge in [-0.25, -0.2) is 9.37 Å². The first-order valence-electron chi connectivity index (χ1n) is 10.9. The van der Waals surface area contributed by atoms with Gasteiger partial charge in [-0.1, -0.05) is 53.7 Å². The molecule has 4 aromatic rings. The van der Waals surface area contributed by atoms with E-state index in [0.717, 1.165) is 11.1 Å². The van der Waals surface area contributed by atoms with E-state index in [1.54, 1.807) is 48.1 Å². The molecule has 0 spiro atoms. The molecule has 1 aromatic heterocycles. The van der Waals surface area contributed by atoms with Gasteiger partial charge in [0.05, 0.1) is 24.1 Å². The van der Waals surface area contributed by atoms with Gasteiger partial charge in [0.25, 0.3) is 11.5 Å². The van der Waals surface area contributed by atoms with E-state index in [2.05, 4.69) is 5.32 Å². The first-order valence-corrected chi connectivity index (χ1v) is 12.2. The molecular formula is C26H23ClFN3O3S. The van der Waals surface area contributed by atoms with Crippen LogP contribution in [0.1, 0.15) is 21.5 Å². The summed E-state index contributed by atoms with van der Waals surface area (Å²) in [6, 6.07) is 18.5. The van der Waals surface area contributed by atoms with Gasteiger partial charge >= 0.3 is 0 Å². The molecule has 0 unspecified atom stereocenters. The van der Waals surface area contributed by atoms with Crippen molar-refractivity contribution < 1.29 is 13.9 Å². The van der Waals surface area contributed by atoms with Gasteiger partial charge < -0.3 is 10.1 Å². The average Bonchev–Trinajstić information content (AvgIpc) is 2.86. The summed E-state index contributed by atoms with van der Waals surface area (Å²) in [5, 5.41) is 4.15. The van der Waals surface area contributed by atoms with Crippen LogP contribution in [0.3, 0.4) is 0 Å². The van der Waals surface area contributed by atoms with E-state index in [4.69, 9.17) is 21.3 Å². The summed E-state index contributed by atoms with van der Waals surface area (Å²) in [5.41, 5.74) is 2.55. The van der Waals surface area contributed by atoms with E-state index in [0.29, 0.717) is 45.5 Å².